The van der Waals surface area contributed by atoms with Crippen molar-refractivity contribution in [2.45, 2.75) is 44.7 Å². The van der Waals surface area contributed by atoms with Crippen LogP contribution in [0.25, 0.3) is 0 Å². The summed E-state index contributed by atoms with van der Waals surface area (Å²) in [6, 6.07) is 0. The fraction of sp³-hybridized carbons (Fsp3) is 0.800. The maximum Gasteiger partial charge on any atom is 0.472 e. The Morgan fingerprint density at radius 3 is 2.00 bits per heavy atom. The molecule has 1 aliphatic heterocycles. The molecular weight excluding hydrogens is 191 g/mol. The van der Waals surface area contributed by atoms with Crippen molar-refractivity contribution in [1.29, 1.82) is 5.41 Å². The number of nitrogens with one attached hydrogen (secondary N) is 1. The molecule has 84 valence electrons. The zero-order chi connectivity index (χ0) is 11.7. The van der Waals surface area contributed by atoms with Gasteiger partial charge < -0.3 is 19.7 Å². The smallest absolute Gasteiger partial charge is 0.403 e. The Morgan fingerprint density at radius 2 is 1.67 bits per heavy atom. The Balaban J connectivity index is 2.81. The van der Waals surface area contributed by atoms with Crippen LogP contribution in [0.3, 0.4) is 0 Å². The second kappa shape index (κ2) is 4.06. The molecule has 15 heavy (non-hydrogen) atoms. The molecule has 1 N–H and O–H groups in total. The van der Waals surface area contributed by atoms with Gasteiger partial charge in [0.2, 0.25) is 0 Å². The summed E-state index contributed by atoms with van der Waals surface area (Å²) in [7, 11) is 1.28. The summed E-state index contributed by atoms with van der Waals surface area (Å²) in [5.74, 6) is -0.212. The maximum atomic E-state index is 7.31. The third kappa shape index (κ3) is 2.29. The summed E-state index contributed by atoms with van der Waals surface area (Å²) in [6.07, 6.45) is 2.98. The van der Waals surface area contributed by atoms with Gasteiger partial charge in [-0.3, -0.25) is 0 Å². The van der Waals surface area contributed by atoms with Gasteiger partial charge in [-0.15, -0.1) is 0 Å². The Kier molecular flexibility index (Phi) is 3.36. The molecule has 0 aromatic heterocycles. The first kappa shape index (κ1) is 12.4. The van der Waals surface area contributed by atoms with Crippen LogP contribution in [0.1, 0.15) is 27.7 Å². The fourth-order valence-corrected chi connectivity index (χ4v) is 1.41. The number of rotatable bonds is 3. The van der Waals surface area contributed by atoms with Crippen LogP contribution in [-0.4, -0.2) is 37.8 Å². The van der Waals surface area contributed by atoms with Crippen LogP contribution in [-0.2, 0) is 9.31 Å². The van der Waals surface area contributed by atoms with Gasteiger partial charge >= 0.3 is 7.12 Å². The van der Waals surface area contributed by atoms with Crippen LogP contribution >= 0.6 is 0 Å². The van der Waals surface area contributed by atoms with Gasteiger partial charge in [0.15, 0.2) is 0 Å². The third-order valence-corrected chi connectivity index (χ3v) is 3.10. The molecule has 1 rings (SSSR count). The molecule has 5 heteroatoms. The standard InChI is InChI=1S/C10H19BN2O2/c1-9(2)10(3,4)15-11(14-9)8(6-12)7-13-5/h6-8,12H,1-5H3. The van der Waals surface area contributed by atoms with E-state index >= 15 is 0 Å². The largest absolute Gasteiger partial charge is 0.472 e. The SMILES string of the molecule is CN=CC(C=N)B1OC(C)(C)C(C)(C)O1. The Labute approximate surface area is 91.7 Å². The molecule has 1 unspecified atom stereocenters. The first-order chi connectivity index (χ1) is 6.84. The number of hydrogen-bond acceptors (Lipinski definition) is 4. The first-order valence-corrected chi connectivity index (χ1v) is 5.12. The number of nitrogens with zero attached hydrogens (tertiary/aromatic N) is 1. The summed E-state index contributed by atoms with van der Waals surface area (Å²) < 4.78 is 11.6. The van der Waals surface area contributed by atoms with Crippen molar-refractivity contribution >= 4 is 19.5 Å². The van der Waals surface area contributed by atoms with Crippen LogP contribution in [0, 0.1) is 5.41 Å². The molecule has 1 atom stereocenters. The fourth-order valence-electron chi connectivity index (χ4n) is 1.41. The van der Waals surface area contributed by atoms with E-state index in [1.54, 1.807) is 13.3 Å². The summed E-state index contributed by atoms with van der Waals surface area (Å²) in [5, 5.41) is 7.31. The minimum atomic E-state index is -0.406. The van der Waals surface area contributed by atoms with Crippen LogP contribution in [0.2, 0.25) is 5.82 Å². The van der Waals surface area contributed by atoms with E-state index in [0.717, 1.165) is 0 Å². The van der Waals surface area contributed by atoms with Gasteiger partial charge in [0, 0.05) is 19.5 Å². The number of hydrogen-bond donors (Lipinski definition) is 1. The highest BCUT2D eigenvalue weighted by Crippen LogP contribution is 2.39. The molecule has 0 aliphatic carbocycles. The minimum absolute atomic E-state index is 0.212. The van der Waals surface area contributed by atoms with Crippen LogP contribution in [0.5, 0.6) is 0 Å². The van der Waals surface area contributed by atoms with E-state index in [9.17, 15) is 0 Å². The van der Waals surface area contributed by atoms with Crippen molar-refractivity contribution in [2.24, 2.45) is 4.99 Å². The van der Waals surface area contributed by atoms with Gasteiger partial charge in [0.25, 0.3) is 0 Å². The highest BCUT2D eigenvalue weighted by Gasteiger charge is 2.53. The molecule has 0 bridgehead atoms. The van der Waals surface area contributed by atoms with E-state index in [4.69, 9.17) is 14.7 Å². The second-order valence-corrected chi connectivity index (χ2v) is 4.78. The van der Waals surface area contributed by atoms with Gasteiger partial charge in [0.05, 0.1) is 17.0 Å². The van der Waals surface area contributed by atoms with Crippen molar-refractivity contribution in [1.82, 2.24) is 0 Å². The zero-order valence-electron chi connectivity index (χ0n) is 10.1. The molecular formula is C10H19BN2O2. The topological polar surface area (TPSA) is 54.7 Å². The Hall–Kier alpha value is -0.675. The van der Waals surface area contributed by atoms with Crippen molar-refractivity contribution < 1.29 is 9.31 Å². The van der Waals surface area contributed by atoms with E-state index in [1.165, 1.54) is 6.21 Å². The predicted molar refractivity (Wildman–Crippen MR) is 63.0 cm³/mol. The molecule has 1 fully saturated rings. The lowest BCUT2D eigenvalue weighted by Gasteiger charge is -2.32. The summed E-state index contributed by atoms with van der Waals surface area (Å²) in [6.45, 7) is 7.99. The van der Waals surface area contributed by atoms with Gasteiger partial charge in [-0.1, -0.05) is 0 Å². The van der Waals surface area contributed by atoms with Crippen LogP contribution in [0.4, 0.5) is 0 Å². The summed E-state index contributed by atoms with van der Waals surface area (Å²) in [5.41, 5.74) is -0.693. The van der Waals surface area contributed by atoms with E-state index in [0.29, 0.717) is 0 Å². The average Bonchev–Trinajstić information content (AvgIpc) is 2.32. The normalized spacial score (nSPS) is 25.8. The first-order valence-electron chi connectivity index (χ1n) is 5.12. The molecule has 0 spiro atoms. The highest BCUT2D eigenvalue weighted by molar-refractivity contribution is 6.56. The lowest BCUT2D eigenvalue weighted by molar-refractivity contribution is 0.00578. The van der Waals surface area contributed by atoms with Gasteiger partial charge in [-0.2, -0.15) is 0 Å². The van der Waals surface area contributed by atoms with Crippen molar-refractivity contribution in [3.8, 4) is 0 Å². The summed E-state index contributed by atoms with van der Waals surface area (Å²) in [4.78, 5) is 3.91. The van der Waals surface area contributed by atoms with Crippen LogP contribution < -0.4 is 0 Å². The van der Waals surface area contributed by atoms with Gasteiger partial charge in [-0.05, 0) is 27.7 Å². The molecule has 0 amide bonds. The van der Waals surface area contributed by atoms with Gasteiger partial charge in [0.1, 0.15) is 0 Å². The Bertz CT molecular complexity index is 261. The summed E-state index contributed by atoms with van der Waals surface area (Å²) >= 11 is 0. The Morgan fingerprint density at radius 1 is 1.20 bits per heavy atom. The molecule has 0 aromatic carbocycles. The van der Waals surface area contributed by atoms with E-state index < -0.39 is 7.12 Å². The van der Waals surface area contributed by atoms with Crippen molar-refractivity contribution in [3.63, 3.8) is 0 Å². The third-order valence-electron chi connectivity index (χ3n) is 3.10. The molecule has 1 saturated heterocycles. The predicted octanol–water partition coefficient (Wildman–Crippen LogP) is 1.80. The van der Waals surface area contributed by atoms with E-state index in [1.807, 2.05) is 27.7 Å². The maximum absolute atomic E-state index is 7.31. The highest BCUT2D eigenvalue weighted by atomic mass is 16.7. The average molecular weight is 210 g/mol. The molecule has 1 aliphatic rings. The minimum Gasteiger partial charge on any atom is -0.403 e. The quantitative estimate of drug-likeness (QED) is 0.570. The monoisotopic (exact) mass is 210 g/mol. The van der Waals surface area contributed by atoms with Crippen molar-refractivity contribution in [3.05, 3.63) is 0 Å². The van der Waals surface area contributed by atoms with E-state index in [2.05, 4.69) is 4.99 Å². The number of aliphatic imine (C=N–C) groups is 1. The van der Waals surface area contributed by atoms with Crippen molar-refractivity contribution in [2.75, 3.05) is 7.05 Å². The zero-order valence-corrected chi connectivity index (χ0v) is 10.1. The molecule has 0 radical (unpaired) electrons. The molecule has 1 heterocycles. The molecule has 0 aromatic rings. The second-order valence-electron chi connectivity index (χ2n) is 4.78. The lowest BCUT2D eigenvalue weighted by atomic mass is 9.73. The lowest BCUT2D eigenvalue weighted by Crippen LogP contribution is -2.41. The van der Waals surface area contributed by atoms with E-state index in [-0.39, 0.29) is 17.0 Å². The van der Waals surface area contributed by atoms with Gasteiger partial charge in [-0.25, -0.2) is 0 Å². The molecule has 0 saturated carbocycles. The molecule has 4 nitrogen and oxygen atoms in total. The van der Waals surface area contributed by atoms with Crippen LogP contribution in [0.15, 0.2) is 4.99 Å².